The summed E-state index contributed by atoms with van der Waals surface area (Å²) in [4.78, 5) is 12.4. The van der Waals surface area contributed by atoms with Crippen molar-refractivity contribution in [2.24, 2.45) is 0 Å². The Bertz CT molecular complexity index is 2140. The highest BCUT2D eigenvalue weighted by Gasteiger charge is 2.56. The Morgan fingerprint density at radius 1 is 0.356 bits per heavy atom. The molecule has 1 aliphatic carbocycles. The van der Waals surface area contributed by atoms with Crippen LogP contribution in [0.25, 0.3) is 11.4 Å². The van der Waals surface area contributed by atoms with E-state index in [4.69, 9.17) is 9.97 Å². The second-order valence-corrected chi connectivity index (χ2v) is 12.1. The van der Waals surface area contributed by atoms with E-state index in [0.717, 1.165) is 11.4 Å². The fourth-order valence-corrected chi connectivity index (χ4v) is 8.71. The van der Waals surface area contributed by atoms with Gasteiger partial charge in [-0.3, -0.25) is 9.97 Å². The molecule has 10 rings (SSSR count). The number of pyridine rings is 2. The Kier molecular flexibility index (Phi) is 4.85. The van der Waals surface area contributed by atoms with E-state index in [1.165, 1.54) is 61.6 Å². The van der Waals surface area contributed by atoms with Crippen LogP contribution in [-0.2, 0) is 10.8 Å². The van der Waals surface area contributed by atoms with Gasteiger partial charge in [-0.25, -0.2) is 0 Å². The number of rotatable bonds is 2. The van der Waals surface area contributed by atoms with Crippen molar-refractivity contribution in [1.82, 2.24) is 9.97 Å². The van der Waals surface area contributed by atoms with Crippen LogP contribution in [0.15, 0.2) is 164 Å². The van der Waals surface area contributed by atoms with Crippen LogP contribution >= 0.6 is 0 Å². The molecule has 0 saturated heterocycles. The average molecular weight is 574 g/mol. The molecule has 0 bridgehead atoms. The van der Waals surface area contributed by atoms with E-state index in [-0.39, 0.29) is 0 Å². The van der Waals surface area contributed by atoms with Crippen molar-refractivity contribution in [3.8, 4) is 11.4 Å². The molecule has 2 aliphatic heterocycles. The molecule has 0 unspecified atom stereocenters. The van der Waals surface area contributed by atoms with Gasteiger partial charge in [0.1, 0.15) is 0 Å². The highest BCUT2D eigenvalue weighted by molar-refractivity contribution is 5.99. The molecule has 1 spiro atoms. The molecule has 0 fully saturated rings. The number of aromatic nitrogens is 2. The molecule has 210 valence electrons. The fourth-order valence-electron chi connectivity index (χ4n) is 8.71. The van der Waals surface area contributed by atoms with Gasteiger partial charge in [-0.15, -0.1) is 0 Å². The molecule has 0 amide bonds. The number of anilines is 3. The third-order valence-corrected chi connectivity index (χ3v) is 10.2. The lowest BCUT2D eigenvalue weighted by Crippen LogP contribution is -2.43. The van der Waals surface area contributed by atoms with Gasteiger partial charge in [0.15, 0.2) is 0 Å². The summed E-state index contributed by atoms with van der Waals surface area (Å²) in [5, 5.41) is 0. The summed E-state index contributed by atoms with van der Waals surface area (Å²) in [5.41, 5.74) is 14.3. The normalized spacial score (nSPS) is 15.4. The minimum absolute atomic E-state index is 0.539. The lowest BCUT2D eigenvalue weighted by molar-refractivity contribution is 0.697. The number of para-hydroxylation sites is 3. The molecule has 0 N–H and O–H groups in total. The third kappa shape index (κ3) is 2.86. The summed E-state index contributed by atoms with van der Waals surface area (Å²) >= 11 is 0. The van der Waals surface area contributed by atoms with Gasteiger partial charge in [0.25, 0.3) is 0 Å². The van der Waals surface area contributed by atoms with Gasteiger partial charge in [0.05, 0.1) is 39.3 Å². The van der Waals surface area contributed by atoms with Gasteiger partial charge < -0.3 is 4.90 Å². The van der Waals surface area contributed by atoms with Gasteiger partial charge in [0.2, 0.25) is 0 Å². The predicted octanol–water partition coefficient (Wildman–Crippen LogP) is 9.32. The van der Waals surface area contributed by atoms with E-state index >= 15 is 0 Å². The Morgan fingerprint density at radius 3 is 1.33 bits per heavy atom. The Hall–Kier alpha value is -5.80. The SMILES string of the molecule is c1ccc(C2(c3ccccc3)c3ccccc3N3c4ccccc4C4(c5cccnc5-c5ncccc54)c4cccc2c43)cc1. The largest absolute Gasteiger partial charge is 0.309 e. The fraction of sp³-hybridized carbons (Fsp3) is 0.0476. The lowest BCUT2D eigenvalue weighted by atomic mass is 9.58. The van der Waals surface area contributed by atoms with Crippen molar-refractivity contribution in [3.05, 3.63) is 209 Å². The van der Waals surface area contributed by atoms with Gasteiger partial charge >= 0.3 is 0 Å². The first-order valence-corrected chi connectivity index (χ1v) is 15.5. The maximum atomic E-state index is 4.96. The van der Waals surface area contributed by atoms with Crippen molar-refractivity contribution in [1.29, 1.82) is 0 Å². The van der Waals surface area contributed by atoms with Crippen LogP contribution in [0.2, 0.25) is 0 Å². The molecule has 45 heavy (non-hydrogen) atoms. The summed E-state index contributed by atoms with van der Waals surface area (Å²) in [6, 6.07) is 55.6. The topological polar surface area (TPSA) is 29.0 Å². The van der Waals surface area contributed by atoms with Crippen LogP contribution in [0.3, 0.4) is 0 Å². The van der Waals surface area contributed by atoms with E-state index < -0.39 is 10.8 Å². The summed E-state index contributed by atoms with van der Waals surface area (Å²) in [6.07, 6.45) is 3.79. The van der Waals surface area contributed by atoms with Crippen LogP contribution < -0.4 is 4.90 Å². The van der Waals surface area contributed by atoms with E-state index in [9.17, 15) is 0 Å². The number of hydrogen-bond donors (Lipinski definition) is 0. The molecular weight excluding hydrogens is 546 g/mol. The zero-order valence-corrected chi connectivity index (χ0v) is 24.4. The Balaban J connectivity index is 1.44. The summed E-state index contributed by atoms with van der Waals surface area (Å²) < 4.78 is 0. The Labute approximate surface area is 262 Å². The molecule has 4 heterocycles. The van der Waals surface area contributed by atoms with E-state index in [1.54, 1.807) is 0 Å². The second-order valence-electron chi connectivity index (χ2n) is 12.1. The zero-order valence-electron chi connectivity index (χ0n) is 24.4. The van der Waals surface area contributed by atoms with Crippen molar-refractivity contribution >= 4 is 17.1 Å². The number of nitrogens with zero attached hydrogens (tertiary/aromatic N) is 3. The standard InChI is InChI=1S/C42H27N3/c1-3-14-28(15-4-1)41(29-16-5-2-6-17-29)30-18-7-9-24-36(30)45-37-25-10-8-19-31(37)42(35-21-11-20-34(41)40(35)45)32-22-12-26-43-38(32)39-33(42)23-13-27-44-39/h1-27H. The number of hydrogen-bond acceptors (Lipinski definition) is 3. The molecule has 0 radical (unpaired) electrons. The number of benzene rings is 5. The van der Waals surface area contributed by atoms with Gasteiger partial charge in [0, 0.05) is 12.4 Å². The molecule has 3 heteroatoms. The maximum absolute atomic E-state index is 4.96. The zero-order chi connectivity index (χ0) is 29.6. The number of fused-ring (bicyclic) bond motifs is 11. The van der Waals surface area contributed by atoms with E-state index in [2.05, 4.69) is 157 Å². The van der Waals surface area contributed by atoms with Crippen molar-refractivity contribution in [2.75, 3.05) is 4.90 Å². The molecule has 3 aliphatic rings. The smallest absolute Gasteiger partial charge is 0.0937 e. The predicted molar refractivity (Wildman–Crippen MR) is 179 cm³/mol. The van der Waals surface area contributed by atoms with Crippen molar-refractivity contribution in [3.63, 3.8) is 0 Å². The van der Waals surface area contributed by atoms with Gasteiger partial charge in [-0.05, 0) is 68.8 Å². The maximum Gasteiger partial charge on any atom is 0.0937 e. The lowest BCUT2D eigenvalue weighted by Gasteiger charge is -2.52. The molecule has 0 saturated carbocycles. The first-order chi connectivity index (χ1) is 22.4. The van der Waals surface area contributed by atoms with Crippen LogP contribution in [-0.4, -0.2) is 9.97 Å². The quantitative estimate of drug-likeness (QED) is 0.206. The average Bonchev–Trinajstić information content (AvgIpc) is 3.41. The third-order valence-electron chi connectivity index (χ3n) is 10.2. The molecule has 2 aromatic heterocycles. The second kappa shape index (κ2) is 8.87. The van der Waals surface area contributed by atoms with E-state index in [0.29, 0.717) is 0 Å². The van der Waals surface area contributed by atoms with Crippen molar-refractivity contribution in [2.45, 2.75) is 10.8 Å². The first-order valence-electron chi connectivity index (χ1n) is 15.5. The minimum Gasteiger partial charge on any atom is -0.309 e. The molecule has 5 aromatic carbocycles. The van der Waals surface area contributed by atoms with Crippen LogP contribution in [0.4, 0.5) is 17.1 Å². The molecular formula is C42H27N3. The van der Waals surface area contributed by atoms with E-state index in [1.807, 2.05) is 12.4 Å². The summed E-state index contributed by atoms with van der Waals surface area (Å²) in [6.45, 7) is 0. The van der Waals surface area contributed by atoms with Crippen molar-refractivity contribution < 1.29 is 0 Å². The Morgan fingerprint density at radius 2 is 0.778 bits per heavy atom. The van der Waals surface area contributed by atoms with Gasteiger partial charge in [-0.2, -0.15) is 0 Å². The summed E-state index contributed by atoms with van der Waals surface area (Å²) in [5.74, 6) is 0. The molecule has 0 atom stereocenters. The van der Waals surface area contributed by atoms with Gasteiger partial charge in [-0.1, -0.05) is 127 Å². The van der Waals surface area contributed by atoms with Crippen LogP contribution in [0, 0.1) is 0 Å². The first kappa shape index (κ1) is 24.6. The molecule has 7 aromatic rings. The highest BCUT2D eigenvalue weighted by atomic mass is 15.2. The van der Waals surface area contributed by atoms with Crippen LogP contribution in [0.1, 0.15) is 44.5 Å². The molecule has 3 nitrogen and oxygen atoms in total. The summed E-state index contributed by atoms with van der Waals surface area (Å²) in [7, 11) is 0. The van der Waals surface area contributed by atoms with Crippen LogP contribution in [0.5, 0.6) is 0 Å². The highest BCUT2D eigenvalue weighted by Crippen LogP contribution is 2.67. The monoisotopic (exact) mass is 573 g/mol. The minimum atomic E-state index is -0.572.